The van der Waals surface area contributed by atoms with Gasteiger partial charge in [0.1, 0.15) is 12.0 Å². The first-order chi connectivity index (χ1) is 6.98. The second-order valence-electron chi connectivity index (χ2n) is 3.73. The lowest BCUT2D eigenvalue weighted by Gasteiger charge is -1.99. The largest absolute Gasteiger partial charge is 0.448 e. The van der Waals surface area contributed by atoms with E-state index in [1.165, 1.54) is 13.2 Å². The lowest BCUT2D eigenvalue weighted by atomic mass is 10.1. The van der Waals surface area contributed by atoms with E-state index in [-0.39, 0.29) is 28.9 Å². The number of rotatable bonds is 2. The summed E-state index contributed by atoms with van der Waals surface area (Å²) >= 11 is 0. The fourth-order valence-electron chi connectivity index (χ4n) is 1.63. The van der Waals surface area contributed by atoms with E-state index >= 15 is 0 Å². The maximum absolute atomic E-state index is 11.2. The molecule has 0 radical (unpaired) electrons. The zero-order valence-corrected chi connectivity index (χ0v) is 9.08. The van der Waals surface area contributed by atoms with Gasteiger partial charge < -0.3 is 4.42 Å². The van der Waals surface area contributed by atoms with Crippen LogP contribution in [0.4, 0.5) is 0 Å². The molecule has 15 heavy (non-hydrogen) atoms. The van der Waals surface area contributed by atoms with Crippen molar-refractivity contribution in [2.45, 2.75) is 19.3 Å². The normalized spacial score (nSPS) is 24.2. The van der Waals surface area contributed by atoms with E-state index in [2.05, 4.69) is 4.98 Å². The van der Waals surface area contributed by atoms with Crippen LogP contribution in [-0.2, 0) is 9.84 Å². The molecule has 0 amide bonds. The molecule has 0 aromatic carbocycles. The van der Waals surface area contributed by atoms with E-state index in [0.29, 0.717) is 12.3 Å². The van der Waals surface area contributed by atoms with Gasteiger partial charge in [0.25, 0.3) is 0 Å². The average Bonchev–Trinajstić information content (AvgIpc) is 2.70. The summed E-state index contributed by atoms with van der Waals surface area (Å²) in [6, 6.07) is 0. The van der Waals surface area contributed by atoms with Gasteiger partial charge in [0.15, 0.2) is 21.5 Å². The lowest BCUT2D eigenvalue weighted by Crippen LogP contribution is -2.04. The smallest absolute Gasteiger partial charge is 0.198 e. The molecule has 82 valence electrons. The van der Waals surface area contributed by atoms with Crippen LogP contribution in [0.3, 0.4) is 0 Å². The third-order valence-electron chi connectivity index (χ3n) is 2.46. The minimum atomic E-state index is -2.94. The van der Waals surface area contributed by atoms with Crippen LogP contribution in [0.5, 0.6) is 0 Å². The molecule has 0 bridgehead atoms. The summed E-state index contributed by atoms with van der Waals surface area (Å²) in [5.41, 5.74) is 0.259. The van der Waals surface area contributed by atoms with Crippen molar-refractivity contribution in [1.29, 1.82) is 0 Å². The second-order valence-corrected chi connectivity index (χ2v) is 5.96. The monoisotopic (exact) mass is 229 g/mol. The van der Waals surface area contributed by atoms with Gasteiger partial charge in [0.2, 0.25) is 0 Å². The summed E-state index contributed by atoms with van der Waals surface area (Å²) < 4.78 is 27.5. The molecule has 1 fully saturated rings. The third-order valence-corrected chi connectivity index (χ3v) is 4.23. The Bertz CT molecular complexity index is 488. The number of ketones is 1. The summed E-state index contributed by atoms with van der Waals surface area (Å²) in [5.74, 6) is 0.246. The topological polar surface area (TPSA) is 77.2 Å². The molecule has 0 N–H and O–H groups in total. The molecule has 0 aliphatic carbocycles. The van der Waals surface area contributed by atoms with Crippen LogP contribution in [0.1, 0.15) is 35.6 Å². The molecule has 1 atom stereocenters. The molecule has 1 unspecified atom stereocenters. The molecule has 6 heteroatoms. The van der Waals surface area contributed by atoms with E-state index < -0.39 is 9.84 Å². The van der Waals surface area contributed by atoms with E-state index in [1.807, 2.05) is 0 Å². The number of hydrogen-bond donors (Lipinski definition) is 0. The van der Waals surface area contributed by atoms with Crippen molar-refractivity contribution in [3.8, 4) is 0 Å². The van der Waals surface area contributed by atoms with Crippen molar-refractivity contribution in [2.75, 3.05) is 11.5 Å². The SMILES string of the molecule is CC(=O)c1coc(C2CCS(=O)(=O)C2)n1. The summed E-state index contributed by atoms with van der Waals surface area (Å²) in [4.78, 5) is 14.9. The number of oxazole rings is 1. The number of aromatic nitrogens is 1. The van der Waals surface area contributed by atoms with Gasteiger partial charge in [0, 0.05) is 6.92 Å². The van der Waals surface area contributed by atoms with Crippen molar-refractivity contribution >= 4 is 15.6 Å². The molecule has 2 heterocycles. The Kier molecular flexibility index (Phi) is 2.38. The third kappa shape index (κ3) is 2.09. The molecule has 1 aliphatic heterocycles. The fraction of sp³-hybridized carbons (Fsp3) is 0.556. The molecule has 1 aliphatic rings. The van der Waals surface area contributed by atoms with Crippen molar-refractivity contribution in [3.05, 3.63) is 17.8 Å². The predicted molar refractivity (Wildman–Crippen MR) is 52.5 cm³/mol. The maximum Gasteiger partial charge on any atom is 0.198 e. The fourth-order valence-corrected chi connectivity index (χ4v) is 3.36. The van der Waals surface area contributed by atoms with Gasteiger partial charge >= 0.3 is 0 Å². The van der Waals surface area contributed by atoms with Crippen LogP contribution in [0, 0.1) is 0 Å². The van der Waals surface area contributed by atoms with Gasteiger partial charge in [-0.3, -0.25) is 4.79 Å². The van der Waals surface area contributed by atoms with Gasteiger partial charge in [-0.2, -0.15) is 0 Å². The molecular formula is C9H11NO4S. The van der Waals surface area contributed by atoms with E-state index in [4.69, 9.17) is 4.42 Å². The highest BCUT2D eigenvalue weighted by Crippen LogP contribution is 2.28. The van der Waals surface area contributed by atoms with Crippen LogP contribution in [0.2, 0.25) is 0 Å². The number of Topliss-reactive ketones (excluding diaryl/α,β-unsaturated/α-hetero) is 1. The van der Waals surface area contributed by atoms with Gasteiger partial charge in [0.05, 0.1) is 17.4 Å². The van der Waals surface area contributed by atoms with Crippen LogP contribution >= 0.6 is 0 Å². The molecule has 5 nitrogen and oxygen atoms in total. The number of carbonyl (C=O) groups is 1. The molecule has 0 spiro atoms. The van der Waals surface area contributed by atoms with Crippen LogP contribution in [0.25, 0.3) is 0 Å². The van der Waals surface area contributed by atoms with Gasteiger partial charge in [-0.25, -0.2) is 13.4 Å². The highest BCUT2D eigenvalue weighted by molar-refractivity contribution is 7.91. The Morgan fingerprint density at radius 3 is 2.80 bits per heavy atom. The van der Waals surface area contributed by atoms with Gasteiger partial charge in [-0.05, 0) is 6.42 Å². The highest BCUT2D eigenvalue weighted by atomic mass is 32.2. The minimum Gasteiger partial charge on any atom is -0.448 e. The Balaban J connectivity index is 2.21. The average molecular weight is 229 g/mol. The van der Waals surface area contributed by atoms with Crippen molar-refractivity contribution in [1.82, 2.24) is 4.98 Å². The maximum atomic E-state index is 11.2. The summed E-state index contributed by atoms with van der Waals surface area (Å²) in [7, 11) is -2.94. The second kappa shape index (κ2) is 3.44. The first-order valence-electron chi connectivity index (χ1n) is 4.65. The molecule has 1 aromatic rings. The number of sulfone groups is 1. The van der Waals surface area contributed by atoms with E-state index in [1.54, 1.807) is 0 Å². The van der Waals surface area contributed by atoms with Crippen LogP contribution < -0.4 is 0 Å². The minimum absolute atomic E-state index is 0.0743. The van der Waals surface area contributed by atoms with Crippen molar-refractivity contribution in [2.24, 2.45) is 0 Å². The van der Waals surface area contributed by atoms with Gasteiger partial charge in [-0.15, -0.1) is 0 Å². The Hall–Kier alpha value is -1.17. The number of carbonyl (C=O) groups excluding carboxylic acids is 1. The van der Waals surface area contributed by atoms with E-state index in [9.17, 15) is 13.2 Å². The molecule has 2 rings (SSSR count). The first kappa shape index (κ1) is 10.4. The van der Waals surface area contributed by atoms with Gasteiger partial charge in [-0.1, -0.05) is 0 Å². The molecular weight excluding hydrogens is 218 g/mol. The molecule has 0 saturated carbocycles. The predicted octanol–water partition coefficient (Wildman–Crippen LogP) is 0.779. The zero-order chi connectivity index (χ0) is 11.1. The Labute approximate surface area is 87.4 Å². The molecule has 1 aromatic heterocycles. The lowest BCUT2D eigenvalue weighted by molar-refractivity contribution is 0.101. The number of hydrogen-bond acceptors (Lipinski definition) is 5. The quantitative estimate of drug-likeness (QED) is 0.700. The summed E-state index contributed by atoms with van der Waals surface area (Å²) in [6.45, 7) is 1.40. The van der Waals surface area contributed by atoms with Crippen LogP contribution in [0.15, 0.2) is 10.7 Å². The highest BCUT2D eigenvalue weighted by Gasteiger charge is 2.32. The number of nitrogens with zero attached hydrogens (tertiary/aromatic N) is 1. The first-order valence-corrected chi connectivity index (χ1v) is 6.47. The zero-order valence-electron chi connectivity index (χ0n) is 8.26. The van der Waals surface area contributed by atoms with Crippen molar-refractivity contribution in [3.63, 3.8) is 0 Å². The Morgan fingerprint density at radius 2 is 2.33 bits per heavy atom. The summed E-state index contributed by atoms with van der Waals surface area (Å²) in [5, 5.41) is 0. The van der Waals surface area contributed by atoms with E-state index in [0.717, 1.165) is 0 Å². The standard InChI is InChI=1S/C9H11NO4S/c1-6(11)8-4-14-9(10-8)7-2-3-15(12,13)5-7/h4,7H,2-3,5H2,1H3. The summed E-state index contributed by atoms with van der Waals surface area (Å²) in [6.07, 6.45) is 1.81. The Morgan fingerprint density at radius 1 is 1.60 bits per heavy atom. The van der Waals surface area contributed by atoms with Crippen molar-refractivity contribution < 1.29 is 17.6 Å². The van der Waals surface area contributed by atoms with Crippen LogP contribution in [-0.4, -0.2) is 30.7 Å². The molecule has 1 saturated heterocycles.